The van der Waals surface area contributed by atoms with Crippen LogP contribution in [0.15, 0.2) is 46.2 Å². The van der Waals surface area contributed by atoms with Crippen LogP contribution in [-0.2, 0) is 4.79 Å². The first-order chi connectivity index (χ1) is 15.9. The number of ether oxygens (including phenoxy) is 1. The second-order valence-corrected chi connectivity index (χ2v) is 11.2. The lowest BCUT2D eigenvalue weighted by molar-refractivity contribution is -0.148. The second-order valence-electron chi connectivity index (χ2n) is 9.32. The second kappa shape index (κ2) is 10.7. The lowest BCUT2D eigenvalue weighted by Crippen LogP contribution is -2.30. The minimum atomic E-state index is -2.73. The summed E-state index contributed by atoms with van der Waals surface area (Å²) in [5.74, 6) is -2.77. The molecule has 0 spiro atoms. The van der Waals surface area contributed by atoms with Crippen molar-refractivity contribution in [3.63, 3.8) is 0 Å². The largest absolute Gasteiger partial charge is 0.491 e. The van der Waals surface area contributed by atoms with Gasteiger partial charge in [0.25, 0.3) is 0 Å². The van der Waals surface area contributed by atoms with Crippen LogP contribution in [0.1, 0.15) is 33.6 Å². The summed E-state index contributed by atoms with van der Waals surface area (Å²) in [6.45, 7) is 4.70. The highest BCUT2D eigenvalue weighted by molar-refractivity contribution is 7.99. The van der Waals surface area contributed by atoms with Crippen molar-refractivity contribution >= 4 is 40.9 Å². The van der Waals surface area contributed by atoms with Crippen molar-refractivity contribution < 1.29 is 27.8 Å². The number of benzene rings is 2. The van der Waals surface area contributed by atoms with E-state index in [9.17, 15) is 23.1 Å². The molecule has 1 aliphatic heterocycles. The molecule has 0 saturated heterocycles. The zero-order valence-corrected chi connectivity index (χ0v) is 21.4. The van der Waals surface area contributed by atoms with Gasteiger partial charge in [0.15, 0.2) is 0 Å². The van der Waals surface area contributed by atoms with Crippen LogP contribution in [0.25, 0.3) is 0 Å². The van der Waals surface area contributed by atoms with Crippen LogP contribution < -0.4 is 9.64 Å². The number of anilines is 2. The number of hydrogen-bond donors (Lipinski definition) is 1. The average Bonchev–Trinajstić information content (AvgIpc) is 2.94. The van der Waals surface area contributed by atoms with Gasteiger partial charge in [-0.1, -0.05) is 0 Å². The van der Waals surface area contributed by atoms with Crippen molar-refractivity contribution in [3.05, 3.63) is 42.2 Å². The minimum absolute atomic E-state index is 0.00122. The quantitative estimate of drug-likeness (QED) is 0.354. The van der Waals surface area contributed by atoms with Crippen LogP contribution in [0.5, 0.6) is 5.75 Å². The molecule has 1 unspecified atom stereocenters. The Kier molecular flexibility index (Phi) is 8.39. The van der Waals surface area contributed by atoms with Gasteiger partial charge in [-0.05, 0) is 75.8 Å². The van der Waals surface area contributed by atoms with E-state index in [1.165, 1.54) is 23.9 Å². The van der Waals surface area contributed by atoms with Gasteiger partial charge in [-0.15, -0.1) is 23.5 Å². The summed E-state index contributed by atoms with van der Waals surface area (Å²) >= 11 is 3.06. The van der Waals surface area contributed by atoms with Crippen molar-refractivity contribution in [2.45, 2.75) is 49.3 Å². The Morgan fingerprint density at radius 1 is 1.24 bits per heavy atom. The maximum Gasteiger partial charge on any atom is 0.312 e. The van der Waals surface area contributed by atoms with Gasteiger partial charge in [-0.3, -0.25) is 4.79 Å². The van der Waals surface area contributed by atoms with Crippen LogP contribution in [0, 0.1) is 17.2 Å². The molecule has 0 bridgehead atoms. The van der Waals surface area contributed by atoms with Crippen molar-refractivity contribution in [3.8, 4) is 5.75 Å². The third-order valence-corrected chi connectivity index (χ3v) is 7.78. The fourth-order valence-corrected chi connectivity index (χ4v) is 5.31. The summed E-state index contributed by atoms with van der Waals surface area (Å²) in [5.41, 5.74) is 0.634. The highest BCUT2D eigenvalue weighted by atomic mass is 32.2. The van der Waals surface area contributed by atoms with Crippen LogP contribution >= 0.6 is 23.5 Å². The molecular weight excluding hydrogens is 483 g/mol. The van der Waals surface area contributed by atoms with E-state index >= 15 is 0 Å². The van der Waals surface area contributed by atoms with Gasteiger partial charge in [-0.25, -0.2) is 13.2 Å². The Morgan fingerprint density at radius 2 is 1.91 bits per heavy atom. The summed E-state index contributed by atoms with van der Waals surface area (Å²) in [6, 6.07) is 10.1. The Hall–Kier alpha value is -2.00. The zero-order chi connectivity index (χ0) is 25.1. The molecule has 0 amide bonds. The van der Waals surface area contributed by atoms with Crippen LogP contribution in [0.3, 0.4) is 0 Å². The van der Waals surface area contributed by atoms with Gasteiger partial charge in [0.2, 0.25) is 5.92 Å². The molecule has 0 saturated carbocycles. The number of alkyl halides is 2. The van der Waals surface area contributed by atoms with E-state index in [1.54, 1.807) is 37.7 Å². The van der Waals surface area contributed by atoms with Gasteiger partial charge in [0, 0.05) is 29.3 Å². The number of carbonyl (C=O) groups is 1. The van der Waals surface area contributed by atoms with Gasteiger partial charge >= 0.3 is 5.97 Å². The summed E-state index contributed by atoms with van der Waals surface area (Å²) in [4.78, 5) is 15.3. The lowest BCUT2D eigenvalue weighted by Gasteiger charge is -2.29. The molecule has 9 heteroatoms. The summed E-state index contributed by atoms with van der Waals surface area (Å²) in [5, 5.41) is 9.42. The topological polar surface area (TPSA) is 49.8 Å². The average molecular weight is 514 g/mol. The molecule has 0 radical (unpaired) electrons. The molecule has 186 valence electrons. The lowest BCUT2D eigenvalue weighted by atomic mass is 9.95. The number of nitrogens with zero attached hydrogens (tertiary/aromatic N) is 1. The molecule has 0 fully saturated rings. The SMILES string of the molecule is CSc1cc2c(cc1OCC(C)(C)C(=O)O)SCC(CCC(C)(F)F)CN2c1ccc(F)cc1. The van der Waals surface area contributed by atoms with Gasteiger partial charge in [-0.2, -0.15) is 0 Å². The number of thioether (sulfide) groups is 2. The number of halogens is 3. The Labute approximate surface area is 207 Å². The van der Waals surface area contributed by atoms with Gasteiger partial charge in [0.05, 0.1) is 16.0 Å². The minimum Gasteiger partial charge on any atom is -0.491 e. The smallest absolute Gasteiger partial charge is 0.312 e. The molecule has 1 aliphatic rings. The number of aliphatic carboxylic acids is 1. The highest BCUT2D eigenvalue weighted by Crippen LogP contribution is 2.46. The number of carboxylic acid groups (broad SMARTS) is 1. The van der Waals surface area contributed by atoms with Crippen molar-refractivity contribution in [1.29, 1.82) is 0 Å². The maximum absolute atomic E-state index is 13.6. The fraction of sp³-hybridized carbons (Fsp3) is 0.480. The standard InChI is InChI=1S/C25H30F3NO3S2/c1-24(2,23(30)31)15-32-20-12-21-19(11-22(20)33-4)29(18-7-5-17(26)6-8-18)13-16(14-34-21)9-10-25(3,27)28/h5-8,11-12,16H,9-10,13-15H2,1-4H3,(H,30,31). The first kappa shape index (κ1) is 26.6. The van der Waals surface area contributed by atoms with Crippen molar-refractivity contribution in [1.82, 2.24) is 0 Å². The predicted molar refractivity (Wildman–Crippen MR) is 133 cm³/mol. The van der Waals surface area contributed by atoms with E-state index in [4.69, 9.17) is 4.74 Å². The first-order valence-corrected chi connectivity index (χ1v) is 13.2. The van der Waals surface area contributed by atoms with Crippen molar-refractivity contribution in [2.24, 2.45) is 11.3 Å². The molecular formula is C25H30F3NO3S2. The molecule has 2 aromatic rings. The number of rotatable bonds is 9. The van der Waals surface area contributed by atoms with E-state index in [0.717, 1.165) is 28.1 Å². The summed E-state index contributed by atoms with van der Waals surface area (Å²) in [7, 11) is 0. The Balaban J connectivity index is 1.97. The third kappa shape index (κ3) is 6.78. The maximum atomic E-state index is 13.6. The molecule has 3 rings (SSSR count). The zero-order valence-electron chi connectivity index (χ0n) is 19.7. The Morgan fingerprint density at radius 3 is 2.50 bits per heavy atom. The normalized spacial score (nSPS) is 16.7. The first-order valence-electron chi connectivity index (χ1n) is 11.0. The molecule has 4 nitrogen and oxygen atoms in total. The van der Waals surface area contributed by atoms with Crippen LogP contribution in [0.2, 0.25) is 0 Å². The summed E-state index contributed by atoms with van der Waals surface area (Å²) in [6.07, 6.45) is 2.09. The van der Waals surface area contributed by atoms with Crippen LogP contribution in [0.4, 0.5) is 24.5 Å². The van der Waals surface area contributed by atoms with E-state index in [-0.39, 0.29) is 24.8 Å². The molecule has 1 atom stereocenters. The highest BCUT2D eigenvalue weighted by Gasteiger charge is 2.31. The van der Waals surface area contributed by atoms with Crippen LogP contribution in [-0.4, -0.2) is 42.2 Å². The molecule has 34 heavy (non-hydrogen) atoms. The molecule has 1 heterocycles. The van der Waals surface area contributed by atoms with Gasteiger partial charge in [0.1, 0.15) is 18.2 Å². The van der Waals surface area contributed by atoms with E-state index in [1.807, 2.05) is 18.4 Å². The van der Waals surface area contributed by atoms with E-state index in [2.05, 4.69) is 4.90 Å². The van der Waals surface area contributed by atoms with Gasteiger partial charge < -0.3 is 14.7 Å². The third-order valence-electron chi connectivity index (χ3n) is 5.75. The van der Waals surface area contributed by atoms with Crippen molar-refractivity contribution in [2.75, 3.05) is 30.1 Å². The molecule has 1 N–H and O–H groups in total. The number of hydrogen-bond acceptors (Lipinski definition) is 5. The fourth-order valence-electron chi connectivity index (χ4n) is 3.56. The number of fused-ring (bicyclic) bond motifs is 1. The number of carboxylic acids is 1. The summed E-state index contributed by atoms with van der Waals surface area (Å²) < 4.78 is 46.7. The molecule has 2 aromatic carbocycles. The molecule has 0 aliphatic carbocycles. The predicted octanol–water partition coefficient (Wildman–Crippen LogP) is 7.33. The van der Waals surface area contributed by atoms with E-state index < -0.39 is 17.3 Å². The Bertz CT molecular complexity index is 1010. The molecule has 0 aromatic heterocycles. The monoisotopic (exact) mass is 513 g/mol. The van der Waals surface area contributed by atoms with E-state index in [0.29, 0.717) is 24.5 Å².